The Morgan fingerprint density at radius 3 is 2.54 bits per heavy atom. The molecule has 0 radical (unpaired) electrons. The van der Waals surface area contributed by atoms with Crippen molar-refractivity contribution < 1.29 is 14.2 Å². The number of hydrogen-bond acceptors (Lipinski definition) is 3. The molecule has 0 heterocycles. The van der Waals surface area contributed by atoms with Crippen LogP contribution in [0.25, 0.3) is 10.8 Å². The van der Waals surface area contributed by atoms with E-state index >= 15 is 0 Å². The van der Waals surface area contributed by atoms with Crippen molar-refractivity contribution in [3.63, 3.8) is 0 Å². The van der Waals surface area contributed by atoms with E-state index in [1.165, 1.54) is 6.07 Å². The third-order valence-corrected chi connectivity index (χ3v) is 4.08. The summed E-state index contributed by atoms with van der Waals surface area (Å²) >= 11 is 0. The highest BCUT2D eigenvalue weighted by molar-refractivity contribution is 5.87. The Hall–Kier alpha value is -2.14. The van der Waals surface area contributed by atoms with Gasteiger partial charge in [0.25, 0.3) is 0 Å². The predicted molar refractivity (Wildman–Crippen MR) is 105 cm³/mol. The van der Waals surface area contributed by atoms with Gasteiger partial charge >= 0.3 is 0 Å². The van der Waals surface area contributed by atoms with Gasteiger partial charge in [0.15, 0.2) is 0 Å². The first-order valence-electron chi connectivity index (χ1n) is 8.41. The van der Waals surface area contributed by atoms with Crippen LogP contribution in [0.4, 0.5) is 4.39 Å². The maximum Gasteiger partial charge on any atom is 0.129 e. The Bertz CT molecular complexity index is 854. The third-order valence-electron chi connectivity index (χ3n) is 4.08. The lowest BCUT2D eigenvalue weighted by Gasteiger charge is -2.16. The molecule has 3 rings (SSSR count). The minimum absolute atomic E-state index is 0. The van der Waals surface area contributed by atoms with Crippen LogP contribution < -0.4 is 10.1 Å². The highest BCUT2D eigenvalue weighted by Gasteiger charge is 2.10. The molecule has 0 saturated heterocycles. The van der Waals surface area contributed by atoms with Gasteiger partial charge in [-0.1, -0.05) is 48.5 Å². The third kappa shape index (κ3) is 4.94. The quantitative estimate of drug-likeness (QED) is 0.641. The zero-order chi connectivity index (χ0) is 17.6. The van der Waals surface area contributed by atoms with Crippen molar-refractivity contribution in [3.05, 3.63) is 77.6 Å². The first-order chi connectivity index (χ1) is 12.1. The lowest BCUT2D eigenvalue weighted by atomic mass is 10.0. The van der Waals surface area contributed by atoms with E-state index < -0.39 is 6.10 Å². The van der Waals surface area contributed by atoms with Crippen LogP contribution in [-0.2, 0) is 13.2 Å². The summed E-state index contributed by atoms with van der Waals surface area (Å²) in [6.45, 7) is 2.98. The SMILES string of the molecule is CC(O)CNCc1c(OCc2ccccc2F)ccc2ccccc12.Cl. The summed E-state index contributed by atoms with van der Waals surface area (Å²) in [4.78, 5) is 0. The largest absolute Gasteiger partial charge is 0.488 e. The van der Waals surface area contributed by atoms with Crippen LogP contribution in [0, 0.1) is 5.82 Å². The Kier molecular flexibility index (Phi) is 7.39. The molecule has 0 fully saturated rings. The molecule has 3 nitrogen and oxygen atoms in total. The Balaban J connectivity index is 0.00000243. The number of aliphatic hydroxyl groups is 1. The average molecular weight is 376 g/mol. The lowest BCUT2D eigenvalue weighted by Crippen LogP contribution is -2.24. The van der Waals surface area contributed by atoms with Gasteiger partial charge in [0.1, 0.15) is 18.2 Å². The van der Waals surface area contributed by atoms with Crippen LogP contribution >= 0.6 is 12.4 Å². The number of rotatable bonds is 7. The Labute approximate surface area is 159 Å². The maximum absolute atomic E-state index is 13.8. The molecule has 138 valence electrons. The fourth-order valence-corrected chi connectivity index (χ4v) is 2.81. The van der Waals surface area contributed by atoms with Gasteiger partial charge in [-0.3, -0.25) is 0 Å². The zero-order valence-electron chi connectivity index (χ0n) is 14.6. The normalized spacial score (nSPS) is 11.8. The van der Waals surface area contributed by atoms with Crippen molar-refractivity contribution in [3.8, 4) is 5.75 Å². The molecule has 5 heteroatoms. The molecule has 0 bridgehead atoms. The van der Waals surface area contributed by atoms with Gasteiger partial charge in [-0.15, -0.1) is 12.4 Å². The van der Waals surface area contributed by atoms with E-state index in [0.29, 0.717) is 18.7 Å². The summed E-state index contributed by atoms with van der Waals surface area (Å²) in [5, 5.41) is 14.9. The summed E-state index contributed by atoms with van der Waals surface area (Å²) < 4.78 is 19.7. The Morgan fingerprint density at radius 1 is 1.04 bits per heavy atom. The van der Waals surface area contributed by atoms with Gasteiger partial charge in [-0.25, -0.2) is 4.39 Å². The van der Waals surface area contributed by atoms with Crippen LogP contribution in [0.1, 0.15) is 18.1 Å². The van der Waals surface area contributed by atoms with Crippen LogP contribution in [0.5, 0.6) is 5.75 Å². The van der Waals surface area contributed by atoms with Crippen molar-refractivity contribution in [2.45, 2.75) is 26.2 Å². The van der Waals surface area contributed by atoms with Gasteiger partial charge in [-0.2, -0.15) is 0 Å². The number of ether oxygens (including phenoxy) is 1. The number of fused-ring (bicyclic) bond motifs is 1. The van der Waals surface area contributed by atoms with Crippen LogP contribution in [0.2, 0.25) is 0 Å². The summed E-state index contributed by atoms with van der Waals surface area (Å²) in [7, 11) is 0. The minimum atomic E-state index is -0.419. The molecule has 0 aliphatic rings. The molecular formula is C21H23ClFNO2. The summed E-state index contributed by atoms with van der Waals surface area (Å²) in [6, 6.07) is 18.6. The van der Waals surface area contributed by atoms with E-state index in [1.54, 1.807) is 25.1 Å². The van der Waals surface area contributed by atoms with E-state index in [-0.39, 0.29) is 24.8 Å². The number of nitrogens with one attached hydrogen (secondary N) is 1. The van der Waals surface area contributed by atoms with E-state index in [2.05, 4.69) is 5.32 Å². The summed E-state index contributed by atoms with van der Waals surface area (Å²) in [6.07, 6.45) is -0.419. The van der Waals surface area contributed by atoms with Crippen molar-refractivity contribution >= 4 is 23.2 Å². The summed E-state index contributed by atoms with van der Waals surface area (Å²) in [5.41, 5.74) is 1.54. The topological polar surface area (TPSA) is 41.5 Å². The number of aliphatic hydroxyl groups excluding tert-OH is 1. The van der Waals surface area contributed by atoms with E-state index in [9.17, 15) is 9.50 Å². The molecule has 0 aliphatic carbocycles. The minimum Gasteiger partial charge on any atom is -0.488 e. The van der Waals surface area contributed by atoms with E-state index in [1.807, 2.05) is 36.4 Å². The fourth-order valence-electron chi connectivity index (χ4n) is 2.81. The molecule has 3 aromatic rings. The monoisotopic (exact) mass is 375 g/mol. The van der Waals surface area contributed by atoms with Gasteiger partial charge in [0.2, 0.25) is 0 Å². The van der Waals surface area contributed by atoms with Crippen molar-refractivity contribution in [2.75, 3.05) is 6.54 Å². The first kappa shape index (κ1) is 20.2. The molecule has 0 spiro atoms. The molecule has 2 N–H and O–H groups in total. The number of halogens is 2. The average Bonchev–Trinajstić information content (AvgIpc) is 2.61. The molecular weight excluding hydrogens is 353 g/mol. The van der Waals surface area contributed by atoms with Crippen molar-refractivity contribution in [2.24, 2.45) is 0 Å². The first-order valence-corrected chi connectivity index (χ1v) is 8.41. The highest BCUT2D eigenvalue weighted by Crippen LogP contribution is 2.29. The van der Waals surface area contributed by atoms with Gasteiger partial charge in [0.05, 0.1) is 6.10 Å². The fraction of sp³-hybridized carbons (Fsp3) is 0.238. The zero-order valence-corrected chi connectivity index (χ0v) is 15.4. The lowest BCUT2D eigenvalue weighted by molar-refractivity contribution is 0.190. The number of hydrogen-bond donors (Lipinski definition) is 2. The van der Waals surface area contributed by atoms with Crippen LogP contribution in [0.15, 0.2) is 60.7 Å². The second-order valence-corrected chi connectivity index (χ2v) is 6.12. The van der Waals surface area contributed by atoms with Crippen LogP contribution in [-0.4, -0.2) is 17.8 Å². The highest BCUT2D eigenvalue weighted by atomic mass is 35.5. The molecule has 26 heavy (non-hydrogen) atoms. The summed E-state index contributed by atoms with van der Waals surface area (Å²) in [5.74, 6) is 0.456. The molecule has 1 atom stereocenters. The van der Waals surface area contributed by atoms with Gasteiger partial charge in [0, 0.05) is 24.2 Å². The second kappa shape index (κ2) is 9.53. The maximum atomic E-state index is 13.8. The molecule has 1 unspecified atom stereocenters. The van der Waals surface area contributed by atoms with Gasteiger partial charge in [-0.05, 0) is 29.8 Å². The molecule has 0 amide bonds. The molecule has 0 aromatic heterocycles. The van der Waals surface area contributed by atoms with Crippen molar-refractivity contribution in [1.82, 2.24) is 5.32 Å². The number of benzene rings is 3. The molecule has 3 aromatic carbocycles. The molecule has 0 saturated carbocycles. The smallest absolute Gasteiger partial charge is 0.129 e. The van der Waals surface area contributed by atoms with Gasteiger partial charge < -0.3 is 15.2 Å². The Morgan fingerprint density at radius 2 is 1.77 bits per heavy atom. The predicted octanol–water partition coefficient (Wildman–Crippen LogP) is 4.45. The van der Waals surface area contributed by atoms with E-state index in [4.69, 9.17) is 4.74 Å². The van der Waals surface area contributed by atoms with Crippen LogP contribution in [0.3, 0.4) is 0 Å². The van der Waals surface area contributed by atoms with Crippen molar-refractivity contribution in [1.29, 1.82) is 0 Å². The van der Waals surface area contributed by atoms with E-state index in [0.717, 1.165) is 22.1 Å². The standard InChI is InChI=1S/C21H22FNO2.ClH/c1-15(24)12-23-13-19-18-8-4-2-6-16(18)10-11-21(19)25-14-17-7-3-5-9-20(17)22;/h2-11,15,23-24H,12-14H2,1H3;1H. The second-order valence-electron chi connectivity index (χ2n) is 6.12. The molecule has 0 aliphatic heterocycles.